The number of benzene rings is 3. The number of para-hydroxylation sites is 2. The molecular formula is C20H12N4O. The predicted molar refractivity (Wildman–Crippen MR) is 99.1 cm³/mol. The number of hydrogen-bond donors (Lipinski definition) is 1. The van der Waals surface area contributed by atoms with E-state index < -0.39 is 0 Å². The highest BCUT2D eigenvalue weighted by atomic mass is 16.3. The Morgan fingerprint density at radius 3 is 2.16 bits per heavy atom. The Morgan fingerprint density at radius 2 is 1.56 bits per heavy atom. The molecular weight excluding hydrogens is 312 g/mol. The molecule has 1 aromatic heterocycles. The lowest BCUT2D eigenvalue weighted by Crippen LogP contribution is -1.96. The topological polar surface area (TPSA) is 78.1 Å². The fraction of sp³-hybridized carbons (Fsp3) is 0. The summed E-state index contributed by atoms with van der Waals surface area (Å²) in [5, 5.41) is 17.3. The minimum absolute atomic E-state index is 0.198. The standard InChI is InChI=1S/C20H12N4O/c21-12-13-9-10-18(19(11-13)24-25)23-20-14-5-1-3-7-16(14)22-17-8-4-2-6-15(17)20/h1-11H,(H,22,23). The summed E-state index contributed by atoms with van der Waals surface area (Å²) in [5.74, 6) is 0. The Morgan fingerprint density at radius 1 is 0.920 bits per heavy atom. The molecule has 0 unspecified atom stereocenters. The molecule has 5 heteroatoms. The Labute approximate surface area is 143 Å². The minimum atomic E-state index is 0.198. The number of nitroso groups, excluding NO2 is 1. The number of anilines is 2. The molecule has 0 fully saturated rings. The summed E-state index contributed by atoms with van der Waals surface area (Å²) in [7, 11) is 0. The molecule has 0 aliphatic heterocycles. The van der Waals surface area contributed by atoms with Gasteiger partial charge in [0.05, 0.1) is 34.0 Å². The van der Waals surface area contributed by atoms with Crippen molar-refractivity contribution in [2.24, 2.45) is 5.18 Å². The van der Waals surface area contributed by atoms with Crippen LogP contribution in [0.2, 0.25) is 0 Å². The quantitative estimate of drug-likeness (QED) is 0.404. The molecule has 0 amide bonds. The summed E-state index contributed by atoms with van der Waals surface area (Å²) < 4.78 is 0. The van der Waals surface area contributed by atoms with Crippen LogP contribution in [0.1, 0.15) is 5.56 Å². The molecule has 0 saturated heterocycles. The zero-order valence-corrected chi connectivity index (χ0v) is 13.1. The van der Waals surface area contributed by atoms with Gasteiger partial charge in [0.1, 0.15) is 5.69 Å². The van der Waals surface area contributed by atoms with Gasteiger partial charge in [-0.15, -0.1) is 4.91 Å². The first-order valence-corrected chi connectivity index (χ1v) is 7.72. The number of nitriles is 1. The summed E-state index contributed by atoms with van der Waals surface area (Å²) >= 11 is 0. The molecule has 0 bridgehead atoms. The molecule has 0 atom stereocenters. The molecule has 0 spiro atoms. The summed E-state index contributed by atoms with van der Waals surface area (Å²) in [6, 6.07) is 22.5. The van der Waals surface area contributed by atoms with Crippen molar-refractivity contribution in [1.29, 1.82) is 5.26 Å². The van der Waals surface area contributed by atoms with Crippen molar-refractivity contribution in [1.82, 2.24) is 4.98 Å². The van der Waals surface area contributed by atoms with Gasteiger partial charge < -0.3 is 5.32 Å². The molecule has 0 radical (unpaired) electrons. The molecule has 1 N–H and O–H groups in total. The average molecular weight is 324 g/mol. The van der Waals surface area contributed by atoms with Gasteiger partial charge >= 0.3 is 0 Å². The van der Waals surface area contributed by atoms with E-state index in [1.54, 1.807) is 12.1 Å². The zero-order valence-electron chi connectivity index (χ0n) is 13.1. The summed E-state index contributed by atoms with van der Waals surface area (Å²) in [6.07, 6.45) is 0. The first-order valence-electron chi connectivity index (χ1n) is 7.72. The van der Waals surface area contributed by atoms with Crippen LogP contribution in [0.3, 0.4) is 0 Å². The fourth-order valence-corrected chi connectivity index (χ4v) is 2.89. The molecule has 3 aromatic carbocycles. The van der Waals surface area contributed by atoms with Gasteiger partial charge in [-0.2, -0.15) is 5.26 Å². The number of nitrogens with one attached hydrogen (secondary N) is 1. The number of fused-ring (bicyclic) bond motifs is 2. The Kier molecular flexibility index (Phi) is 3.56. The second-order valence-corrected chi connectivity index (χ2v) is 5.58. The molecule has 4 aromatic rings. The van der Waals surface area contributed by atoms with Gasteiger partial charge in [0.2, 0.25) is 0 Å². The summed E-state index contributed by atoms with van der Waals surface area (Å²) in [5.41, 5.74) is 3.72. The lowest BCUT2D eigenvalue weighted by molar-refractivity contribution is 1.43. The van der Waals surface area contributed by atoms with Gasteiger partial charge in [-0.3, -0.25) is 0 Å². The first kappa shape index (κ1) is 14.8. The number of hydrogen-bond acceptors (Lipinski definition) is 5. The highest BCUT2D eigenvalue weighted by Gasteiger charge is 2.11. The summed E-state index contributed by atoms with van der Waals surface area (Å²) in [6.45, 7) is 0. The third-order valence-electron chi connectivity index (χ3n) is 4.07. The van der Waals surface area contributed by atoms with Crippen LogP contribution in [0.15, 0.2) is 71.9 Å². The SMILES string of the molecule is N#Cc1ccc(Nc2c3ccccc3nc3ccccc23)c(N=O)c1. The number of rotatable bonds is 3. The minimum Gasteiger partial charge on any atom is -0.353 e. The summed E-state index contributed by atoms with van der Waals surface area (Å²) in [4.78, 5) is 15.9. The van der Waals surface area contributed by atoms with Crippen LogP contribution in [-0.4, -0.2) is 4.98 Å². The van der Waals surface area contributed by atoms with Crippen molar-refractivity contribution in [3.05, 3.63) is 77.2 Å². The van der Waals surface area contributed by atoms with Gasteiger partial charge in [0, 0.05) is 10.8 Å². The van der Waals surface area contributed by atoms with E-state index in [4.69, 9.17) is 5.26 Å². The monoisotopic (exact) mass is 324 g/mol. The van der Waals surface area contributed by atoms with Crippen molar-refractivity contribution >= 4 is 38.9 Å². The van der Waals surface area contributed by atoms with E-state index in [1.165, 1.54) is 6.07 Å². The van der Waals surface area contributed by atoms with Crippen molar-refractivity contribution in [3.63, 3.8) is 0 Å². The maximum atomic E-state index is 11.2. The highest BCUT2D eigenvalue weighted by molar-refractivity contribution is 6.09. The number of pyridine rings is 1. The molecule has 0 aliphatic carbocycles. The van der Waals surface area contributed by atoms with Crippen LogP contribution in [0.5, 0.6) is 0 Å². The molecule has 1 heterocycles. The van der Waals surface area contributed by atoms with Crippen molar-refractivity contribution in [2.45, 2.75) is 0 Å². The zero-order chi connectivity index (χ0) is 17.2. The van der Waals surface area contributed by atoms with Crippen molar-refractivity contribution < 1.29 is 0 Å². The molecule has 0 saturated carbocycles. The average Bonchev–Trinajstić information content (AvgIpc) is 2.68. The normalized spacial score (nSPS) is 10.5. The molecule has 0 aliphatic rings. The van der Waals surface area contributed by atoms with Crippen molar-refractivity contribution in [3.8, 4) is 6.07 Å². The van der Waals surface area contributed by atoms with Crippen LogP contribution in [0, 0.1) is 16.2 Å². The van der Waals surface area contributed by atoms with Crippen LogP contribution < -0.4 is 5.32 Å². The van der Waals surface area contributed by atoms with Gasteiger partial charge in [-0.25, -0.2) is 4.98 Å². The Bertz CT molecular complexity index is 1110. The maximum Gasteiger partial charge on any atom is 0.132 e. The third kappa shape index (κ3) is 2.56. The van der Waals surface area contributed by atoms with Gasteiger partial charge in [0.25, 0.3) is 0 Å². The Balaban J connectivity index is 1.97. The molecule has 5 nitrogen and oxygen atoms in total. The van der Waals surface area contributed by atoms with E-state index in [0.717, 1.165) is 27.5 Å². The van der Waals surface area contributed by atoms with E-state index >= 15 is 0 Å². The molecule has 4 rings (SSSR count). The van der Waals surface area contributed by atoms with E-state index in [0.29, 0.717) is 11.3 Å². The fourth-order valence-electron chi connectivity index (χ4n) is 2.89. The van der Waals surface area contributed by atoms with Gasteiger partial charge in [-0.1, -0.05) is 36.4 Å². The molecule has 25 heavy (non-hydrogen) atoms. The maximum absolute atomic E-state index is 11.2. The van der Waals surface area contributed by atoms with Gasteiger partial charge in [0.15, 0.2) is 0 Å². The van der Waals surface area contributed by atoms with Crippen LogP contribution in [0.25, 0.3) is 21.8 Å². The van der Waals surface area contributed by atoms with Crippen LogP contribution in [-0.2, 0) is 0 Å². The number of nitrogens with zero attached hydrogens (tertiary/aromatic N) is 3. The number of aromatic nitrogens is 1. The van der Waals surface area contributed by atoms with E-state index in [2.05, 4.69) is 15.5 Å². The Hall–Kier alpha value is -3.78. The first-order chi connectivity index (χ1) is 12.3. The highest BCUT2D eigenvalue weighted by Crippen LogP contribution is 2.36. The van der Waals surface area contributed by atoms with E-state index in [9.17, 15) is 4.91 Å². The lowest BCUT2D eigenvalue weighted by atomic mass is 10.1. The van der Waals surface area contributed by atoms with E-state index in [1.807, 2.05) is 54.6 Å². The van der Waals surface area contributed by atoms with Gasteiger partial charge in [-0.05, 0) is 35.5 Å². The van der Waals surface area contributed by atoms with Crippen molar-refractivity contribution in [2.75, 3.05) is 5.32 Å². The third-order valence-corrected chi connectivity index (χ3v) is 4.07. The second kappa shape index (κ2) is 6.02. The smallest absolute Gasteiger partial charge is 0.132 e. The van der Waals surface area contributed by atoms with Crippen LogP contribution in [0.4, 0.5) is 17.1 Å². The largest absolute Gasteiger partial charge is 0.353 e. The lowest BCUT2D eigenvalue weighted by Gasteiger charge is -2.14. The van der Waals surface area contributed by atoms with E-state index in [-0.39, 0.29) is 5.69 Å². The second-order valence-electron chi connectivity index (χ2n) is 5.58. The van der Waals surface area contributed by atoms with Crippen LogP contribution >= 0.6 is 0 Å². The molecule has 118 valence electrons. The predicted octanol–water partition coefficient (Wildman–Crippen LogP) is 5.40.